The standard InChI is InChI=1S/C35H42FN5O4/c1-35(2,3)45-33(43)38-21-10-15-29(32(42)39-24-27-13-8-5-9-14-27)41-30(23-26-11-6-4-7-12-26)31(37)40(34(41)44)22-20-25-16-18-28(36)19-17-25/h4-9,11-14,16-19,29-30,37H,10,15,20-24H2,1-3H3,(H,38,43)(H,39,42)/t29-,30+/m0/s1. The molecule has 2 atom stereocenters. The highest BCUT2D eigenvalue weighted by Gasteiger charge is 2.47. The van der Waals surface area contributed by atoms with E-state index in [0.717, 1.165) is 16.7 Å². The molecule has 4 rings (SSSR count). The second-order valence-electron chi connectivity index (χ2n) is 12.1. The lowest BCUT2D eigenvalue weighted by Crippen LogP contribution is -2.52. The van der Waals surface area contributed by atoms with Crippen molar-refractivity contribution in [2.24, 2.45) is 0 Å². The van der Waals surface area contributed by atoms with Gasteiger partial charge in [0, 0.05) is 26.1 Å². The third kappa shape index (κ3) is 9.63. The van der Waals surface area contributed by atoms with Gasteiger partial charge in [0.05, 0.1) is 6.04 Å². The lowest BCUT2D eigenvalue weighted by molar-refractivity contribution is -0.126. The van der Waals surface area contributed by atoms with E-state index in [0.29, 0.717) is 19.3 Å². The second kappa shape index (κ2) is 15.3. The number of nitrogens with one attached hydrogen (secondary N) is 3. The Hall–Kier alpha value is -4.73. The summed E-state index contributed by atoms with van der Waals surface area (Å²) in [5.74, 6) is -0.572. The van der Waals surface area contributed by atoms with Crippen LogP contribution in [0.3, 0.4) is 0 Å². The monoisotopic (exact) mass is 615 g/mol. The summed E-state index contributed by atoms with van der Waals surface area (Å²) in [4.78, 5) is 43.1. The Kier molecular flexibility index (Phi) is 11.3. The van der Waals surface area contributed by atoms with Gasteiger partial charge in [-0.25, -0.2) is 14.0 Å². The maximum absolute atomic E-state index is 14.1. The summed E-state index contributed by atoms with van der Waals surface area (Å²) in [5.41, 5.74) is 2.04. The topological polar surface area (TPSA) is 115 Å². The van der Waals surface area contributed by atoms with Crippen molar-refractivity contribution in [1.29, 1.82) is 5.41 Å². The summed E-state index contributed by atoms with van der Waals surface area (Å²) < 4.78 is 18.8. The number of nitrogens with zero attached hydrogens (tertiary/aromatic N) is 2. The van der Waals surface area contributed by atoms with Crippen molar-refractivity contribution in [3.05, 3.63) is 107 Å². The minimum absolute atomic E-state index is 0.110. The predicted molar refractivity (Wildman–Crippen MR) is 171 cm³/mol. The minimum atomic E-state index is -0.897. The van der Waals surface area contributed by atoms with E-state index in [1.165, 1.54) is 21.9 Å². The van der Waals surface area contributed by atoms with Crippen LogP contribution in [0.2, 0.25) is 0 Å². The van der Waals surface area contributed by atoms with Crippen molar-refractivity contribution in [2.75, 3.05) is 13.1 Å². The summed E-state index contributed by atoms with van der Waals surface area (Å²) in [7, 11) is 0. The number of urea groups is 1. The van der Waals surface area contributed by atoms with Gasteiger partial charge in [-0.1, -0.05) is 72.8 Å². The summed E-state index contributed by atoms with van der Waals surface area (Å²) >= 11 is 0. The van der Waals surface area contributed by atoms with Crippen molar-refractivity contribution in [3.8, 4) is 0 Å². The molecule has 0 saturated carbocycles. The van der Waals surface area contributed by atoms with Crippen LogP contribution in [0.5, 0.6) is 0 Å². The second-order valence-corrected chi connectivity index (χ2v) is 12.1. The Balaban J connectivity index is 1.56. The number of amidine groups is 1. The summed E-state index contributed by atoms with van der Waals surface area (Å²) in [6.07, 6.45) is 0.877. The van der Waals surface area contributed by atoms with Gasteiger partial charge in [0.25, 0.3) is 0 Å². The van der Waals surface area contributed by atoms with E-state index < -0.39 is 29.8 Å². The van der Waals surface area contributed by atoms with E-state index in [1.54, 1.807) is 32.9 Å². The van der Waals surface area contributed by atoms with Gasteiger partial charge in [-0.15, -0.1) is 0 Å². The fourth-order valence-electron chi connectivity index (χ4n) is 5.28. The zero-order chi connectivity index (χ0) is 32.4. The summed E-state index contributed by atoms with van der Waals surface area (Å²) in [6, 6.07) is 23.1. The quantitative estimate of drug-likeness (QED) is 0.215. The zero-order valence-electron chi connectivity index (χ0n) is 26.1. The average molecular weight is 616 g/mol. The van der Waals surface area contributed by atoms with Gasteiger partial charge in [-0.3, -0.25) is 15.1 Å². The Morgan fingerprint density at radius 3 is 2.16 bits per heavy atom. The molecule has 0 aromatic heterocycles. The Labute approximate surface area is 264 Å². The molecule has 3 N–H and O–H groups in total. The van der Waals surface area contributed by atoms with Gasteiger partial charge in [0.1, 0.15) is 23.3 Å². The van der Waals surface area contributed by atoms with Crippen molar-refractivity contribution in [1.82, 2.24) is 20.4 Å². The maximum Gasteiger partial charge on any atom is 0.407 e. The number of amides is 4. The van der Waals surface area contributed by atoms with Crippen LogP contribution in [-0.4, -0.2) is 64.4 Å². The van der Waals surface area contributed by atoms with E-state index in [4.69, 9.17) is 10.1 Å². The van der Waals surface area contributed by atoms with Gasteiger partial charge in [-0.05, 0) is 68.9 Å². The maximum atomic E-state index is 14.1. The molecular formula is C35H42FN5O4. The molecule has 1 heterocycles. The van der Waals surface area contributed by atoms with Gasteiger partial charge in [-0.2, -0.15) is 0 Å². The van der Waals surface area contributed by atoms with Crippen molar-refractivity contribution >= 4 is 23.9 Å². The van der Waals surface area contributed by atoms with Crippen LogP contribution in [0.1, 0.15) is 50.3 Å². The van der Waals surface area contributed by atoms with E-state index >= 15 is 0 Å². The number of hydrogen-bond donors (Lipinski definition) is 3. The van der Waals surface area contributed by atoms with Crippen molar-refractivity contribution in [2.45, 2.75) is 70.7 Å². The molecule has 45 heavy (non-hydrogen) atoms. The van der Waals surface area contributed by atoms with Crippen LogP contribution < -0.4 is 10.6 Å². The van der Waals surface area contributed by atoms with Crippen LogP contribution in [0.25, 0.3) is 0 Å². The molecule has 3 aromatic carbocycles. The van der Waals surface area contributed by atoms with Gasteiger partial charge >= 0.3 is 12.1 Å². The first-order valence-corrected chi connectivity index (χ1v) is 15.3. The number of hydrogen-bond acceptors (Lipinski definition) is 5. The van der Waals surface area contributed by atoms with Crippen LogP contribution >= 0.6 is 0 Å². The fourth-order valence-corrected chi connectivity index (χ4v) is 5.28. The lowest BCUT2D eigenvalue weighted by atomic mass is 10.0. The number of carbonyl (C=O) groups excluding carboxylic acids is 3. The summed E-state index contributed by atoms with van der Waals surface area (Å²) in [6.45, 7) is 6.08. The van der Waals surface area contributed by atoms with Gasteiger partial charge < -0.3 is 20.3 Å². The largest absolute Gasteiger partial charge is 0.444 e. The number of carbonyl (C=O) groups is 3. The lowest BCUT2D eigenvalue weighted by Gasteiger charge is -2.31. The van der Waals surface area contributed by atoms with Gasteiger partial charge in [0.2, 0.25) is 5.91 Å². The van der Waals surface area contributed by atoms with Crippen LogP contribution in [0.4, 0.5) is 14.0 Å². The van der Waals surface area contributed by atoms with Gasteiger partial charge in [0.15, 0.2) is 0 Å². The van der Waals surface area contributed by atoms with E-state index in [9.17, 15) is 18.8 Å². The zero-order valence-corrected chi connectivity index (χ0v) is 26.1. The molecule has 4 amide bonds. The van der Waals surface area contributed by atoms with Crippen LogP contribution in [0.15, 0.2) is 84.9 Å². The molecule has 1 aliphatic heterocycles. The van der Waals surface area contributed by atoms with Crippen LogP contribution in [-0.2, 0) is 28.9 Å². The third-order valence-corrected chi connectivity index (χ3v) is 7.47. The SMILES string of the molecule is CC(C)(C)OC(=O)NCCC[C@@H](C(=O)NCc1ccccc1)N1C(=O)N(CCc2ccc(F)cc2)C(=N)[C@H]1Cc1ccccc1. The molecule has 0 radical (unpaired) electrons. The highest BCUT2D eigenvalue weighted by Crippen LogP contribution is 2.27. The number of ether oxygens (including phenoxy) is 1. The molecule has 0 unspecified atom stereocenters. The molecule has 1 saturated heterocycles. The highest BCUT2D eigenvalue weighted by molar-refractivity contribution is 6.07. The first-order valence-electron chi connectivity index (χ1n) is 15.3. The average Bonchev–Trinajstić information content (AvgIpc) is 3.23. The fraction of sp³-hybridized carbons (Fsp3) is 0.371. The molecule has 1 fully saturated rings. The minimum Gasteiger partial charge on any atom is -0.444 e. The number of alkyl carbamates (subject to hydrolysis) is 1. The Bertz CT molecular complexity index is 1440. The number of rotatable bonds is 13. The van der Waals surface area contributed by atoms with Crippen molar-refractivity contribution in [3.63, 3.8) is 0 Å². The number of benzene rings is 3. The first-order chi connectivity index (χ1) is 21.5. The molecule has 3 aromatic rings. The smallest absolute Gasteiger partial charge is 0.407 e. The highest BCUT2D eigenvalue weighted by atomic mass is 19.1. The molecule has 10 heteroatoms. The molecule has 0 spiro atoms. The third-order valence-electron chi connectivity index (χ3n) is 7.47. The van der Waals surface area contributed by atoms with E-state index in [1.807, 2.05) is 60.7 Å². The predicted octanol–water partition coefficient (Wildman–Crippen LogP) is 5.68. The molecular weight excluding hydrogens is 573 g/mol. The molecule has 0 aliphatic carbocycles. The van der Waals surface area contributed by atoms with E-state index in [-0.39, 0.29) is 43.6 Å². The Morgan fingerprint density at radius 2 is 1.53 bits per heavy atom. The molecule has 0 bridgehead atoms. The molecule has 1 aliphatic rings. The normalized spacial score (nSPS) is 15.6. The molecule has 238 valence electrons. The summed E-state index contributed by atoms with van der Waals surface area (Å²) in [5, 5.41) is 14.8. The Morgan fingerprint density at radius 1 is 0.911 bits per heavy atom. The van der Waals surface area contributed by atoms with Crippen molar-refractivity contribution < 1.29 is 23.5 Å². The molecule has 9 nitrogen and oxygen atoms in total. The first kappa shape index (κ1) is 33.2. The number of halogens is 1. The van der Waals surface area contributed by atoms with E-state index in [2.05, 4.69) is 10.6 Å². The van der Waals surface area contributed by atoms with Crippen LogP contribution in [0, 0.1) is 11.2 Å².